The highest BCUT2D eigenvalue weighted by atomic mass is 16.5. The standard InChI is InChI=1S/C15H27N3O/c1-4-16-14(13-11-17-18(5-2)12-13)15(19-3)9-7-6-8-10-15/h11-12,14,16H,4-10H2,1-3H3. The van der Waals surface area contributed by atoms with Crippen molar-refractivity contribution < 1.29 is 4.74 Å². The van der Waals surface area contributed by atoms with Crippen molar-refractivity contribution in [1.82, 2.24) is 15.1 Å². The zero-order valence-corrected chi connectivity index (χ0v) is 12.5. The van der Waals surface area contributed by atoms with Gasteiger partial charge in [0.25, 0.3) is 0 Å². The van der Waals surface area contributed by atoms with Crippen LogP contribution in [0.3, 0.4) is 0 Å². The van der Waals surface area contributed by atoms with Crippen LogP contribution in [0.5, 0.6) is 0 Å². The van der Waals surface area contributed by atoms with Crippen LogP contribution in [0.15, 0.2) is 12.4 Å². The van der Waals surface area contributed by atoms with Gasteiger partial charge >= 0.3 is 0 Å². The molecule has 1 atom stereocenters. The summed E-state index contributed by atoms with van der Waals surface area (Å²) in [4.78, 5) is 0. The molecule has 0 spiro atoms. The maximum absolute atomic E-state index is 5.99. The summed E-state index contributed by atoms with van der Waals surface area (Å²) in [5, 5.41) is 8.04. The first-order chi connectivity index (χ1) is 9.25. The van der Waals surface area contributed by atoms with Crippen LogP contribution in [0.4, 0.5) is 0 Å². The SMILES string of the molecule is CCNC(c1cnn(CC)c1)C1(OC)CCCCC1. The summed E-state index contributed by atoms with van der Waals surface area (Å²) in [5.41, 5.74) is 1.20. The van der Waals surface area contributed by atoms with E-state index in [9.17, 15) is 0 Å². The quantitative estimate of drug-likeness (QED) is 0.859. The van der Waals surface area contributed by atoms with Gasteiger partial charge in [0.2, 0.25) is 0 Å². The lowest BCUT2D eigenvalue weighted by molar-refractivity contribution is -0.0684. The van der Waals surface area contributed by atoms with Crippen molar-refractivity contribution in [3.63, 3.8) is 0 Å². The Morgan fingerprint density at radius 1 is 1.37 bits per heavy atom. The van der Waals surface area contributed by atoms with Crippen LogP contribution in [-0.2, 0) is 11.3 Å². The average Bonchev–Trinajstić information content (AvgIpc) is 2.94. The lowest BCUT2D eigenvalue weighted by Gasteiger charge is -2.42. The number of nitrogens with zero attached hydrogens (tertiary/aromatic N) is 2. The number of ether oxygens (including phenoxy) is 1. The van der Waals surface area contributed by atoms with Crippen LogP contribution in [-0.4, -0.2) is 29.0 Å². The first-order valence-electron chi connectivity index (χ1n) is 7.56. The van der Waals surface area contributed by atoms with Gasteiger partial charge in [-0.3, -0.25) is 4.68 Å². The third-order valence-electron chi connectivity index (χ3n) is 4.35. The van der Waals surface area contributed by atoms with Crippen LogP contribution < -0.4 is 5.32 Å². The van der Waals surface area contributed by atoms with Crippen LogP contribution in [0.2, 0.25) is 0 Å². The Labute approximate surface area is 116 Å². The second-order valence-electron chi connectivity index (χ2n) is 5.45. The minimum Gasteiger partial charge on any atom is -0.376 e. The molecule has 1 saturated carbocycles. The summed E-state index contributed by atoms with van der Waals surface area (Å²) in [6.45, 7) is 6.14. The second-order valence-corrected chi connectivity index (χ2v) is 5.45. The molecule has 0 aromatic carbocycles. The van der Waals surface area contributed by atoms with Crippen molar-refractivity contribution in [1.29, 1.82) is 0 Å². The van der Waals surface area contributed by atoms with Crippen molar-refractivity contribution in [3.8, 4) is 0 Å². The zero-order valence-electron chi connectivity index (χ0n) is 12.5. The van der Waals surface area contributed by atoms with Crippen LogP contribution in [0, 0.1) is 0 Å². The summed E-state index contributed by atoms with van der Waals surface area (Å²) in [6.07, 6.45) is 10.3. The van der Waals surface area contributed by atoms with E-state index in [1.807, 2.05) is 18.0 Å². The lowest BCUT2D eigenvalue weighted by atomic mass is 9.77. The van der Waals surface area contributed by atoms with Gasteiger partial charge < -0.3 is 10.1 Å². The third-order valence-corrected chi connectivity index (χ3v) is 4.35. The number of methoxy groups -OCH3 is 1. The fourth-order valence-electron chi connectivity index (χ4n) is 3.27. The molecule has 0 saturated heterocycles. The maximum atomic E-state index is 5.99. The Morgan fingerprint density at radius 3 is 2.63 bits per heavy atom. The molecule has 0 bridgehead atoms. The van der Waals surface area contributed by atoms with Crippen molar-refractivity contribution in [2.24, 2.45) is 0 Å². The van der Waals surface area contributed by atoms with Crippen molar-refractivity contribution in [2.45, 2.75) is 64.1 Å². The normalized spacial score (nSPS) is 20.4. The topological polar surface area (TPSA) is 39.1 Å². The van der Waals surface area contributed by atoms with Crippen LogP contribution in [0.1, 0.15) is 57.6 Å². The molecular weight excluding hydrogens is 238 g/mol. The molecule has 0 aliphatic heterocycles. The summed E-state index contributed by atoms with van der Waals surface area (Å²) < 4.78 is 7.98. The molecule has 2 rings (SSSR count). The first-order valence-corrected chi connectivity index (χ1v) is 7.56. The predicted molar refractivity (Wildman–Crippen MR) is 77.1 cm³/mol. The van der Waals surface area contributed by atoms with E-state index >= 15 is 0 Å². The number of likely N-dealkylation sites (N-methyl/N-ethyl adjacent to an activating group) is 1. The second kappa shape index (κ2) is 6.53. The minimum atomic E-state index is -0.0597. The Kier molecular flexibility index (Phi) is 4.99. The number of hydrogen-bond donors (Lipinski definition) is 1. The zero-order chi connectivity index (χ0) is 13.7. The Hall–Kier alpha value is -0.870. The summed E-state index contributed by atoms with van der Waals surface area (Å²) >= 11 is 0. The minimum absolute atomic E-state index is 0.0597. The monoisotopic (exact) mass is 265 g/mol. The van der Waals surface area contributed by atoms with Gasteiger partial charge in [0.15, 0.2) is 0 Å². The van der Waals surface area contributed by atoms with Crippen LogP contribution >= 0.6 is 0 Å². The van der Waals surface area contributed by atoms with Gasteiger partial charge in [-0.15, -0.1) is 0 Å². The highest BCUT2D eigenvalue weighted by molar-refractivity contribution is 5.17. The predicted octanol–water partition coefficient (Wildman–Crippen LogP) is 2.90. The molecule has 0 radical (unpaired) electrons. The van der Waals surface area contributed by atoms with E-state index in [-0.39, 0.29) is 11.6 Å². The van der Waals surface area contributed by atoms with Gasteiger partial charge in [-0.25, -0.2) is 0 Å². The molecule has 1 heterocycles. The van der Waals surface area contributed by atoms with Gasteiger partial charge in [-0.05, 0) is 26.3 Å². The molecule has 19 heavy (non-hydrogen) atoms. The molecule has 1 unspecified atom stereocenters. The molecule has 1 aliphatic carbocycles. The summed E-state index contributed by atoms with van der Waals surface area (Å²) in [5.74, 6) is 0. The number of hydrogen-bond acceptors (Lipinski definition) is 3. The van der Waals surface area contributed by atoms with E-state index in [0.717, 1.165) is 25.9 Å². The molecule has 108 valence electrons. The van der Waals surface area contributed by atoms with Crippen molar-refractivity contribution >= 4 is 0 Å². The van der Waals surface area contributed by atoms with Crippen molar-refractivity contribution in [2.75, 3.05) is 13.7 Å². The van der Waals surface area contributed by atoms with E-state index in [2.05, 4.69) is 30.5 Å². The molecule has 4 nitrogen and oxygen atoms in total. The number of rotatable bonds is 6. The Balaban J connectivity index is 2.26. The molecule has 1 aliphatic rings. The van der Waals surface area contributed by atoms with E-state index in [4.69, 9.17) is 4.74 Å². The van der Waals surface area contributed by atoms with Crippen LogP contribution in [0.25, 0.3) is 0 Å². The highest BCUT2D eigenvalue weighted by Gasteiger charge is 2.41. The molecular formula is C15H27N3O. The van der Waals surface area contributed by atoms with Gasteiger partial charge in [-0.2, -0.15) is 5.10 Å². The number of nitrogens with one attached hydrogen (secondary N) is 1. The smallest absolute Gasteiger partial charge is 0.0873 e. The van der Waals surface area contributed by atoms with Gasteiger partial charge in [0.05, 0.1) is 17.8 Å². The summed E-state index contributed by atoms with van der Waals surface area (Å²) in [7, 11) is 1.86. The van der Waals surface area contributed by atoms with E-state index in [1.54, 1.807) is 0 Å². The molecule has 1 aromatic heterocycles. The van der Waals surface area contributed by atoms with Crippen molar-refractivity contribution in [3.05, 3.63) is 18.0 Å². The fourth-order valence-corrected chi connectivity index (χ4v) is 3.27. The first kappa shape index (κ1) is 14.5. The largest absolute Gasteiger partial charge is 0.376 e. The Morgan fingerprint density at radius 2 is 2.11 bits per heavy atom. The van der Waals surface area contributed by atoms with Gasteiger partial charge in [0.1, 0.15) is 0 Å². The van der Waals surface area contributed by atoms with Gasteiger partial charge in [-0.1, -0.05) is 26.2 Å². The Bertz CT molecular complexity index is 382. The average molecular weight is 265 g/mol. The number of aryl methyl sites for hydroxylation is 1. The molecule has 1 fully saturated rings. The van der Waals surface area contributed by atoms with Gasteiger partial charge in [0, 0.05) is 25.4 Å². The molecule has 1 aromatic rings. The molecule has 0 amide bonds. The molecule has 4 heteroatoms. The molecule has 1 N–H and O–H groups in total. The third kappa shape index (κ3) is 3.00. The fraction of sp³-hybridized carbons (Fsp3) is 0.800. The highest BCUT2D eigenvalue weighted by Crippen LogP contribution is 2.41. The maximum Gasteiger partial charge on any atom is 0.0873 e. The summed E-state index contributed by atoms with van der Waals surface area (Å²) in [6, 6.07) is 0.253. The number of aromatic nitrogens is 2. The lowest BCUT2D eigenvalue weighted by Crippen LogP contribution is -2.46. The van der Waals surface area contributed by atoms with E-state index in [1.165, 1.54) is 24.8 Å². The van der Waals surface area contributed by atoms with E-state index in [0.29, 0.717) is 0 Å². The van der Waals surface area contributed by atoms with E-state index < -0.39 is 0 Å².